The fourth-order valence-corrected chi connectivity index (χ4v) is 2.68. The second-order valence-corrected chi connectivity index (χ2v) is 5.38. The van der Waals surface area contributed by atoms with Crippen LogP contribution < -0.4 is 5.43 Å². The zero-order valence-electron chi connectivity index (χ0n) is 12.6. The zero-order chi connectivity index (χ0) is 14.5. The Balaban J connectivity index is 2.46. The smallest absolute Gasteiger partial charge is 0.192 e. The van der Waals surface area contributed by atoms with Crippen LogP contribution in [-0.2, 0) is 7.05 Å². The third kappa shape index (κ3) is 3.03. The number of furan rings is 1. The minimum atomic E-state index is 0.146. The zero-order valence-corrected chi connectivity index (χ0v) is 12.6. The van der Waals surface area contributed by atoms with Crippen LogP contribution >= 0.6 is 0 Å². The van der Waals surface area contributed by atoms with Crippen LogP contribution in [0.5, 0.6) is 0 Å². The van der Waals surface area contributed by atoms with Gasteiger partial charge in [-0.1, -0.05) is 26.7 Å². The van der Waals surface area contributed by atoms with E-state index in [1.54, 1.807) is 12.5 Å². The van der Waals surface area contributed by atoms with Crippen LogP contribution in [-0.4, -0.2) is 4.57 Å². The Bertz CT molecular complexity index is 596. The predicted octanol–water partition coefficient (Wildman–Crippen LogP) is 4.33. The summed E-state index contributed by atoms with van der Waals surface area (Å²) in [5, 5.41) is 0. The maximum Gasteiger partial charge on any atom is 0.192 e. The highest BCUT2D eigenvalue weighted by molar-refractivity contribution is 5.61. The fraction of sp³-hybridized carbons (Fsp3) is 0.471. The van der Waals surface area contributed by atoms with Gasteiger partial charge in [0, 0.05) is 36.1 Å². The van der Waals surface area contributed by atoms with Gasteiger partial charge in [0.05, 0.1) is 12.5 Å². The number of pyridine rings is 1. The van der Waals surface area contributed by atoms with Gasteiger partial charge in [-0.05, 0) is 24.8 Å². The Morgan fingerprint density at radius 2 is 2.10 bits per heavy atom. The van der Waals surface area contributed by atoms with Gasteiger partial charge in [0.1, 0.15) is 0 Å². The Kier molecular flexibility index (Phi) is 4.83. The second kappa shape index (κ2) is 6.60. The monoisotopic (exact) mass is 273 g/mol. The molecule has 2 rings (SSSR count). The lowest BCUT2D eigenvalue weighted by molar-refractivity contribution is 0.562. The van der Waals surface area contributed by atoms with Gasteiger partial charge in [-0.2, -0.15) is 0 Å². The Labute approximate surface area is 120 Å². The minimum absolute atomic E-state index is 0.146. The number of hydrogen-bond donors (Lipinski definition) is 0. The van der Waals surface area contributed by atoms with E-state index in [-0.39, 0.29) is 5.43 Å². The van der Waals surface area contributed by atoms with Crippen molar-refractivity contribution in [1.82, 2.24) is 4.57 Å². The van der Waals surface area contributed by atoms with Crippen LogP contribution in [0.1, 0.15) is 51.0 Å². The summed E-state index contributed by atoms with van der Waals surface area (Å²) in [4.78, 5) is 12.7. The summed E-state index contributed by atoms with van der Waals surface area (Å²) < 4.78 is 7.09. The van der Waals surface area contributed by atoms with E-state index in [1.165, 1.54) is 0 Å². The molecule has 0 fully saturated rings. The first-order chi connectivity index (χ1) is 9.67. The molecule has 20 heavy (non-hydrogen) atoms. The molecular weight excluding hydrogens is 250 g/mol. The summed E-state index contributed by atoms with van der Waals surface area (Å²) in [6.07, 6.45) is 11.5. The van der Waals surface area contributed by atoms with Crippen molar-refractivity contribution in [3.8, 4) is 11.1 Å². The molecule has 0 saturated heterocycles. The van der Waals surface area contributed by atoms with E-state index >= 15 is 0 Å². The van der Waals surface area contributed by atoms with Gasteiger partial charge in [-0.15, -0.1) is 0 Å². The summed E-state index contributed by atoms with van der Waals surface area (Å²) in [7, 11) is 1.97. The van der Waals surface area contributed by atoms with Crippen LogP contribution in [0.2, 0.25) is 0 Å². The Hall–Kier alpha value is -1.77. The van der Waals surface area contributed by atoms with Crippen LogP contribution in [0.15, 0.2) is 40.2 Å². The molecule has 0 spiro atoms. The summed E-state index contributed by atoms with van der Waals surface area (Å²) in [6, 6.07) is 1.84. The fourth-order valence-electron chi connectivity index (χ4n) is 2.68. The Morgan fingerprint density at radius 1 is 1.30 bits per heavy atom. The van der Waals surface area contributed by atoms with Crippen molar-refractivity contribution in [2.75, 3.05) is 0 Å². The first kappa shape index (κ1) is 14.6. The first-order valence-corrected chi connectivity index (χ1v) is 7.40. The lowest BCUT2D eigenvalue weighted by Gasteiger charge is -2.16. The number of aromatic nitrogens is 1. The molecule has 0 aromatic carbocycles. The number of unbranched alkanes of at least 4 members (excludes halogenated alkanes) is 1. The molecule has 1 unspecified atom stereocenters. The third-order valence-electron chi connectivity index (χ3n) is 3.85. The molecule has 0 aliphatic heterocycles. The van der Waals surface area contributed by atoms with Crippen molar-refractivity contribution >= 4 is 0 Å². The van der Waals surface area contributed by atoms with Crippen molar-refractivity contribution in [2.45, 2.75) is 45.4 Å². The molecule has 0 saturated carbocycles. The lowest BCUT2D eigenvalue weighted by atomic mass is 9.90. The Morgan fingerprint density at radius 3 is 2.70 bits per heavy atom. The number of nitrogens with zero attached hydrogens (tertiary/aromatic N) is 1. The average molecular weight is 273 g/mol. The molecular formula is C17H23NO2. The largest absolute Gasteiger partial charge is 0.472 e. The van der Waals surface area contributed by atoms with Crippen molar-refractivity contribution in [3.05, 3.63) is 46.8 Å². The molecule has 108 valence electrons. The van der Waals surface area contributed by atoms with Crippen molar-refractivity contribution in [1.29, 1.82) is 0 Å². The minimum Gasteiger partial charge on any atom is -0.472 e. The summed E-state index contributed by atoms with van der Waals surface area (Å²) >= 11 is 0. The topological polar surface area (TPSA) is 35.1 Å². The third-order valence-corrected chi connectivity index (χ3v) is 3.85. The van der Waals surface area contributed by atoms with E-state index in [1.807, 2.05) is 30.1 Å². The molecule has 1 atom stereocenters. The van der Waals surface area contributed by atoms with E-state index < -0.39 is 0 Å². The number of aryl methyl sites for hydroxylation is 1. The van der Waals surface area contributed by atoms with Crippen molar-refractivity contribution in [2.24, 2.45) is 7.05 Å². The van der Waals surface area contributed by atoms with E-state index in [9.17, 15) is 4.79 Å². The predicted molar refractivity (Wildman–Crippen MR) is 81.9 cm³/mol. The molecule has 0 N–H and O–H groups in total. The second-order valence-electron chi connectivity index (χ2n) is 5.38. The maximum atomic E-state index is 12.7. The number of hydrogen-bond acceptors (Lipinski definition) is 2. The molecule has 3 heteroatoms. The van der Waals surface area contributed by atoms with Gasteiger partial charge in [-0.3, -0.25) is 4.79 Å². The molecule has 2 aromatic heterocycles. The standard InChI is InChI=1S/C17H23NO2/c1-4-6-7-13(5-2)15-10-18(3)11-16(17(15)19)14-8-9-20-12-14/h8-13H,4-7H2,1-3H3. The van der Waals surface area contributed by atoms with E-state index in [4.69, 9.17) is 4.42 Å². The van der Waals surface area contributed by atoms with Crippen molar-refractivity contribution < 1.29 is 4.42 Å². The summed E-state index contributed by atoms with van der Waals surface area (Å²) in [5.74, 6) is 0.348. The van der Waals surface area contributed by atoms with Crippen LogP contribution in [0, 0.1) is 0 Å². The molecule has 0 radical (unpaired) electrons. The highest BCUT2D eigenvalue weighted by atomic mass is 16.3. The van der Waals surface area contributed by atoms with E-state index in [2.05, 4.69) is 13.8 Å². The van der Waals surface area contributed by atoms with Gasteiger partial charge in [-0.25, -0.2) is 0 Å². The van der Waals surface area contributed by atoms with Crippen LogP contribution in [0.4, 0.5) is 0 Å². The van der Waals surface area contributed by atoms with Crippen LogP contribution in [0.25, 0.3) is 11.1 Å². The first-order valence-electron chi connectivity index (χ1n) is 7.40. The molecule has 0 bridgehead atoms. The van der Waals surface area contributed by atoms with Gasteiger partial charge >= 0.3 is 0 Å². The lowest BCUT2D eigenvalue weighted by Crippen LogP contribution is -2.17. The highest BCUT2D eigenvalue weighted by Gasteiger charge is 2.16. The van der Waals surface area contributed by atoms with Gasteiger partial charge < -0.3 is 8.98 Å². The highest BCUT2D eigenvalue weighted by Crippen LogP contribution is 2.25. The maximum absolute atomic E-state index is 12.7. The molecule has 0 amide bonds. The van der Waals surface area contributed by atoms with E-state index in [0.29, 0.717) is 5.92 Å². The molecule has 3 nitrogen and oxygen atoms in total. The SMILES string of the molecule is CCCCC(CC)c1cn(C)cc(-c2ccoc2)c1=O. The van der Waals surface area contributed by atoms with E-state index in [0.717, 1.165) is 42.4 Å². The van der Waals surface area contributed by atoms with Gasteiger partial charge in [0.25, 0.3) is 0 Å². The molecule has 0 aliphatic rings. The van der Waals surface area contributed by atoms with Gasteiger partial charge in [0.2, 0.25) is 0 Å². The molecule has 0 aliphatic carbocycles. The summed E-state index contributed by atoms with van der Waals surface area (Å²) in [6.45, 7) is 4.34. The number of rotatable bonds is 6. The van der Waals surface area contributed by atoms with Crippen molar-refractivity contribution in [3.63, 3.8) is 0 Å². The molecule has 2 heterocycles. The molecule has 2 aromatic rings. The normalized spacial score (nSPS) is 12.6. The summed E-state index contributed by atoms with van der Waals surface area (Å²) in [5.41, 5.74) is 2.67. The average Bonchev–Trinajstić information content (AvgIpc) is 2.96. The quantitative estimate of drug-likeness (QED) is 0.785. The van der Waals surface area contributed by atoms with Crippen LogP contribution in [0.3, 0.4) is 0 Å². The van der Waals surface area contributed by atoms with Gasteiger partial charge in [0.15, 0.2) is 5.43 Å².